The van der Waals surface area contributed by atoms with Crippen LogP contribution in [-0.4, -0.2) is 18.3 Å². The third-order valence-electron chi connectivity index (χ3n) is 2.70. The van der Waals surface area contributed by atoms with Crippen molar-refractivity contribution in [2.45, 2.75) is 18.6 Å². The van der Waals surface area contributed by atoms with Crippen molar-refractivity contribution in [2.24, 2.45) is 5.73 Å². The Morgan fingerprint density at radius 1 is 1.50 bits per heavy atom. The minimum atomic E-state index is -0.800. The molecule has 0 bridgehead atoms. The predicted molar refractivity (Wildman–Crippen MR) is 53.7 cm³/mol. The van der Waals surface area contributed by atoms with Gasteiger partial charge in [-0.15, -0.1) is 0 Å². The lowest BCUT2D eigenvalue weighted by Gasteiger charge is -2.21. The Bertz CT molecular complexity index is 319. The number of hydrogen-bond donors (Lipinski definition) is 2. The number of benzene rings is 1. The van der Waals surface area contributed by atoms with Gasteiger partial charge >= 0.3 is 0 Å². The van der Waals surface area contributed by atoms with Crippen molar-refractivity contribution in [1.29, 1.82) is 0 Å². The van der Waals surface area contributed by atoms with E-state index in [4.69, 9.17) is 10.5 Å². The van der Waals surface area contributed by atoms with Gasteiger partial charge in [0.1, 0.15) is 5.60 Å². The first-order chi connectivity index (χ1) is 6.74. The molecule has 0 aromatic heterocycles. The smallest absolute Gasteiger partial charge is 0.115 e. The molecule has 0 amide bonds. The Morgan fingerprint density at radius 3 is 3.00 bits per heavy atom. The SMILES string of the molecule is NCc1cccc(C2(O)CCOC2)c1. The van der Waals surface area contributed by atoms with Gasteiger partial charge < -0.3 is 15.6 Å². The van der Waals surface area contributed by atoms with Crippen LogP contribution in [0.2, 0.25) is 0 Å². The first-order valence-corrected chi connectivity index (χ1v) is 4.84. The molecule has 1 aromatic carbocycles. The average molecular weight is 193 g/mol. The molecular formula is C11H15NO2. The van der Waals surface area contributed by atoms with Crippen molar-refractivity contribution in [3.05, 3.63) is 35.4 Å². The zero-order chi connectivity index (χ0) is 10.0. The van der Waals surface area contributed by atoms with Gasteiger partial charge in [0, 0.05) is 19.6 Å². The molecular weight excluding hydrogens is 178 g/mol. The van der Waals surface area contributed by atoms with Crippen molar-refractivity contribution in [3.63, 3.8) is 0 Å². The third kappa shape index (κ3) is 1.66. The maximum atomic E-state index is 10.2. The van der Waals surface area contributed by atoms with Crippen LogP contribution < -0.4 is 5.73 Å². The molecule has 2 rings (SSSR count). The fourth-order valence-corrected chi connectivity index (χ4v) is 1.77. The van der Waals surface area contributed by atoms with E-state index in [1.165, 1.54) is 0 Å². The van der Waals surface area contributed by atoms with E-state index >= 15 is 0 Å². The fraction of sp³-hybridized carbons (Fsp3) is 0.455. The average Bonchev–Trinajstić information content (AvgIpc) is 2.67. The largest absolute Gasteiger partial charge is 0.383 e. The first kappa shape index (κ1) is 9.65. The molecule has 0 saturated carbocycles. The van der Waals surface area contributed by atoms with Gasteiger partial charge in [-0.1, -0.05) is 24.3 Å². The summed E-state index contributed by atoms with van der Waals surface area (Å²) in [5.74, 6) is 0. The summed E-state index contributed by atoms with van der Waals surface area (Å²) in [5, 5.41) is 10.2. The molecule has 0 spiro atoms. The Balaban J connectivity index is 2.30. The minimum Gasteiger partial charge on any atom is -0.383 e. The van der Waals surface area contributed by atoms with Crippen LogP contribution in [0.5, 0.6) is 0 Å². The van der Waals surface area contributed by atoms with E-state index < -0.39 is 5.60 Å². The Morgan fingerprint density at radius 2 is 2.36 bits per heavy atom. The Labute approximate surface area is 83.5 Å². The number of ether oxygens (including phenoxy) is 1. The lowest BCUT2D eigenvalue weighted by molar-refractivity contribution is 0.0231. The molecule has 1 unspecified atom stereocenters. The molecule has 1 aromatic rings. The molecule has 3 nitrogen and oxygen atoms in total. The van der Waals surface area contributed by atoms with E-state index in [1.807, 2.05) is 24.3 Å². The predicted octanol–water partition coefficient (Wildman–Crippen LogP) is 0.753. The lowest BCUT2D eigenvalue weighted by atomic mass is 9.92. The summed E-state index contributed by atoms with van der Waals surface area (Å²) in [6, 6.07) is 7.76. The van der Waals surface area contributed by atoms with Gasteiger partial charge in [-0.3, -0.25) is 0 Å². The second-order valence-corrected chi connectivity index (χ2v) is 3.74. The van der Waals surface area contributed by atoms with Gasteiger partial charge in [0.05, 0.1) is 6.61 Å². The molecule has 1 saturated heterocycles. The summed E-state index contributed by atoms with van der Waals surface area (Å²) in [7, 11) is 0. The molecule has 3 heteroatoms. The summed E-state index contributed by atoms with van der Waals surface area (Å²) >= 11 is 0. The van der Waals surface area contributed by atoms with Crippen LogP contribution in [0.1, 0.15) is 17.5 Å². The van der Waals surface area contributed by atoms with Crippen molar-refractivity contribution >= 4 is 0 Å². The van der Waals surface area contributed by atoms with E-state index in [1.54, 1.807) is 0 Å². The third-order valence-corrected chi connectivity index (χ3v) is 2.70. The molecule has 1 aliphatic heterocycles. The molecule has 1 aliphatic rings. The second-order valence-electron chi connectivity index (χ2n) is 3.74. The van der Waals surface area contributed by atoms with Crippen LogP contribution >= 0.6 is 0 Å². The molecule has 0 radical (unpaired) electrons. The Kier molecular flexibility index (Phi) is 2.54. The number of nitrogens with two attached hydrogens (primary N) is 1. The molecule has 76 valence electrons. The summed E-state index contributed by atoms with van der Waals surface area (Å²) < 4.78 is 5.21. The summed E-state index contributed by atoms with van der Waals surface area (Å²) in [6.45, 7) is 1.52. The van der Waals surface area contributed by atoms with Gasteiger partial charge in [-0.05, 0) is 11.1 Å². The van der Waals surface area contributed by atoms with Crippen molar-refractivity contribution < 1.29 is 9.84 Å². The van der Waals surface area contributed by atoms with Crippen LogP contribution in [0.25, 0.3) is 0 Å². The van der Waals surface area contributed by atoms with Gasteiger partial charge in [-0.25, -0.2) is 0 Å². The van der Waals surface area contributed by atoms with E-state index in [0.717, 1.165) is 11.1 Å². The molecule has 0 aliphatic carbocycles. The zero-order valence-corrected chi connectivity index (χ0v) is 8.07. The number of rotatable bonds is 2. The van der Waals surface area contributed by atoms with Crippen LogP contribution in [0.4, 0.5) is 0 Å². The molecule has 3 N–H and O–H groups in total. The Hall–Kier alpha value is -0.900. The van der Waals surface area contributed by atoms with Crippen LogP contribution in [-0.2, 0) is 16.9 Å². The summed E-state index contributed by atoms with van der Waals surface area (Å²) in [4.78, 5) is 0. The van der Waals surface area contributed by atoms with E-state index in [9.17, 15) is 5.11 Å². The van der Waals surface area contributed by atoms with Crippen molar-refractivity contribution in [1.82, 2.24) is 0 Å². The zero-order valence-electron chi connectivity index (χ0n) is 8.07. The topological polar surface area (TPSA) is 55.5 Å². The van der Waals surface area contributed by atoms with Gasteiger partial charge in [-0.2, -0.15) is 0 Å². The standard InChI is InChI=1S/C11H15NO2/c12-7-9-2-1-3-10(6-9)11(13)4-5-14-8-11/h1-3,6,13H,4-5,7-8,12H2. The first-order valence-electron chi connectivity index (χ1n) is 4.84. The van der Waals surface area contributed by atoms with Gasteiger partial charge in [0.15, 0.2) is 0 Å². The van der Waals surface area contributed by atoms with Crippen LogP contribution in [0.15, 0.2) is 24.3 Å². The van der Waals surface area contributed by atoms with Crippen LogP contribution in [0.3, 0.4) is 0 Å². The number of aliphatic hydroxyl groups is 1. The normalized spacial score (nSPS) is 26.7. The van der Waals surface area contributed by atoms with Crippen LogP contribution in [0, 0.1) is 0 Å². The lowest BCUT2D eigenvalue weighted by Crippen LogP contribution is -2.25. The monoisotopic (exact) mass is 193 g/mol. The molecule has 1 atom stereocenters. The van der Waals surface area contributed by atoms with Gasteiger partial charge in [0.25, 0.3) is 0 Å². The van der Waals surface area contributed by atoms with E-state index in [2.05, 4.69) is 0 Å². The highest BCUT2D eigenvalue weighted by Crippen LogP contribution is 2.30. The maximum absolute atomic E-state index is 10.2. The highest BCUT2D eigenvalue weighted by atomic mass is 16.5. The van der Waals surface area contributed by atoms with Crippen molar-refractivity contribution in [2.75, 3.05) is 13.2 Å². The highest BCUT2D eigenvalue weighted by molar-refractivity contribution is 5.28. The maximum Gasteiger partial charge on any atom is 0.115 e. The second kappa shape index (κ2) is 3.69. The highest BCUT2D eigenvalue weighted by Gasteiger charge is 2.33. The summed E-state index contributed by atoms with van der Waals surface area (Å²) in [5.41, 5.74) is 6.71. The molecule has 1 fully saturated rings. The fourth-order valence-electron chi connectivity index (χ4n) is 1.77. The van der Waals surface area contributed by atoms with E-state index in [0.29, 0.717) is 26.2 Å². The van der Waals surface area contributed by atoms with E-state index in [-0.39, 0.29) is 0 Å². The summed E-state index contributed by atoms with van der Waals surface area (Å²) in [6.07, 6.45) is 0.668. The molecule has 14 heavy (non-hydrogen) atoms. The minimum absolute atomic E-state index is 0.390. The van der Waals surface area contributed by atoms with Gasteiger partial charge in [0.2, 0.25) is 0 Å². The number of hydrogen-bond acceptors (Lipinski definition) is 3. The quantitative estimate of drug-likeness (QED) is 0.728. The van der Waals surface area contributed by atoms with Crippen molar-refractivity contribution in [3.8, 4) is 0 Å². The molecule has 1 heterocycles.